The molecule has 1 amide bonds. The minimum Gasteiger partial charge on any atom is -0.481 e. The number of hydrogen-bond donors (Lipinski definition) is 3. The van der Waals surface area contributed by atoms with Crippen LogP contribution in [0.15, 0.2) is 28.0 Å². The first kappa shape index (κ1) is 23.7. The van der Waals surface area contributed by atoms with E-state index >= 15 is 0 Å². The quantitative estimate of drug-likeness (QED) is 0.506. The second-order valence-electron chi connectivity index (χ2n) is 7.64. The second kappa shape index (κ2) is 8.19. The summed E-state index contributed by atoms with van der Waals surface area (Å²) in [6.07, 6.45) is 2.08. The zero-order valence-electron chi connectivity index (χ0n) is 17.9. The van der Waals surface area contributed by atoms with E-state index in [0.29, 0.717) is 16.9 Å². The van der Waals surface area contributed by atoms with Gasteiger partial charge in [-0.15, -0.1) is 0 Å². The van der Waals surface area contributed by atoms with Gasteiger partial charge in [-0.3, -0.25) is 9.59 Å². The fourth-order valence-corrected chi connectivity index (χ4v) is 5.81. The minimum atomic E-state index is -3.75. The number of nitrogens with one attached hydrogen (secondary N) is 2. The summed E-state index contributed by atoms with van der Waals surface area (Å²) in [6.45, 7) is 1.55. The molecular weight excluding hydrogens is 458 g/mol. The van der Waals surface area contributed by atoms with Crippen molar-refractivity contribution in [2.75, 3.05) is 25.7 Å². The normalized spacial score (nSPS) is 15.3. The third-order valence-electron chi connectivity index (χ3n) is 5.06. The van der Waals surface area contributed by atoms with Gasteiger partial charge in [0.15, 0.2) is 9.84 Å². The van der Waals surface area contributed by atoms with Gasteiger partial charge in [-0.2, -0.15) is 0 Å². The molecule has 0 radical (unpaired) electrons. The van der Waals surface area contributed by atoms with Gasteiger partial charge < -0.3 is 15.4 Å². The SMILES string of the molecule is Cc1[nH]c(/C=C2/C(=O)Nc3ccc(S(=O)(=O)N(C)C)cc32)c(CCC(=O)O)c1S(C)(=O)=O. The molecule has 172 valence electrons. The summed E-state index contributed by atoms with van der Waals surface area (Å²) >= 11 is 0. The van der Waals surface area contributed by atoms with Crippen molar-refractivity contribution in [2.45, 2.75) is 29.6 Å². The molecule has 2 aromatic rings. The van der Waals surface area contributed by atoms with Gasteiger partial charge in [0.05, 0.1) is 15.4 Å². The predicted octanol–water partition coefficient (Wildman–Crippen LogP) is 1.49. The minimum absolute atomic E-state index is 0.00533. The van der Waals surface area contributed by atoms with Gasteiger partial charge in [-0.25, -0.2) is 21.1 Å². The average molecular weight is 482 g/mol. The number of carbonyl (C=O) groups excluding carboxylic acids is 1. The van der Waals surface area contributed by atoms with Crippen LogP contribution in [-0.4, -0.2) is 63.5 Å². The van der Waals surface area contributed by atoms with Crippen molar-refractivity contribution in [3.8, 4) is 0 Å². The predicted molar refractivity (Wildman–Crippen MR) is 118 cm³/mol. The van der Waals surface area contributed by atoms with E-state index in [1.54, 1.807) is 6.92 Å². The number of carboxylic acids is 1. The van der Waals surface area contributed by atoms with Crippen molar-refractivity contribution in [2.24, 2.45) is 0 Å². The number of nitrogens with zero attached hydrogens (tertiary/aromatic N) is 1. The van der Waals surface area contributed by atoms with Crippen LogP contribution in [0.25, 0.3) is 11.6 Å². The molecule has 0 aliphatic carbocycles. The number of hydrogen-bond acceptors (Lipinski definition) is 6. The molecule has 10 nitrogen and oxygen atoms in total. The number of sulfonamides is 1. The molecule has 0 bridgehead atoms. The lowest BCUT2D eigenvalue weighted by atomic mass is 10.0. The Bertz CT molecular complexity index is 1370. The number of benzene rings is 1. The molecule has 0 spiro atoms. The number of carboxylic acid groups (broad SMARTS) is 1. The monoisotopic (exact) mass is 481 g/mol. The molecule has 32 heavy (non-hydrogen) atoms. The van der Waals surface area contributed by atoms with E-state index in [1.165, 1.54) is 38.4 Å². The lowest BCUT2D eigenvalue weighted by molar-refractivity contribution is -0.137. The third-order valence-corrected chi connectivity index (χ3v) is 8.17. The van der Waals surface area contributed by atoms with E-state index < -0.39 is 31.7 Å². The van der Waals surface area contributed by atoms with Gasteiger partial charge in [0.1, 0.15) is 0 Å². The van der Waals surface area contributed by atoms with Crippen molar-refractivity contribution in [1.82, 2.24) is 9.29 Å². The molecule has 0 fully saturated rings. The van der Waals surface area contributed by atoms with E-state index in [1.807, 2.05) is 0 Å². The summed E-state index contributed by atoms with van der Waals surface area (Å²) in [5.74, 6) is -1.58. The molecule has 1 aromatic heterocycles. The van der Waals surface area contributed by atoms with Crippen LogP contribution in [0, 0.1) is 6.92 Å². The van der Waals surface area contributed by atoms with Gasteiger partial charge in [0, 0.05) is 49.4 Å². The van der Waals surface area contributed by atoms with E-state index in [4.69, 9.17) is 5.11 Å². The highest BCUT2D eigenvalue weighted by atomic mass is 32.2. The number of aromatic nitrogens is 1. The largest absolute Gasteiger partial charge is 0.481 e. The number of aliphatic carboxylic acids is 1. The summed E-state index contributed by atoms with van der Waals surface area (Å²) in [7, 11) is -4.63. The molecule has 0 unspecified atom stereocenters. The number of H-pyrrole nitrogens is 1. The Morgan fingerprint density at radius 2 is 1.84 bits per heavy atom. The van der Waals surface area contributed by atoms with Crippen molar-refractivity contribution in [3.63, 3.8) is 0 Å². The maximum atomic E-state index is 12.6. The molecule has 1 aromatic carbocycles. The van der Waals surface area contributed by atoms with Crippen LogP contribution in [-0.2, 0) is 35.9 Å². The lowest BCUT2D eigenvalue weighted by Gasteiger charge is -2.12. The summed E-state index contributed by atoms with van der Waals surface area (Å²) in [5, 5.41) is 11.7. The first-order chi connectivity index (χ1) is 14.7. The molecular formula is C20H23N3O7S2. The first-order valence-corrected chi connectivity index (χ1v) is 12.8. The molecule has 3 N–H and O–H groups in total. The summed E-state index contributed by atoms with van der Waals surface area (Å²) in [4.78, 5) is 26.6. The molecule has 1 aliphatic rings. The molecule has 0 saturated heterocycles. The fourth-order valence-electron chi connectivity index (χ4n) is 3.61. The van der Waals surface area contributed by atoms with E-state index in [0.717, 1.165) is 10.6 Å². The maximum Gasteiger partial charge on any atom is 0.303 e. The average Bonchev–Trinajstić information content (AvgIpc) is 3.15. The Morgan fingerprint density at radius 1 is 1.19 bits per heavy atom. The number of sulfone groups is 1. The number of aryl methyl sites for hydroxylation is 1. The van der Waals surface area contributed by atoms with Gasteiger partial charge >= 0.3 is 5.97 Å². The summed E-state index contributed by atoms with van der Waals surface area (Å²) in [5.41, 5.74) is 1.75. The Morgan fingerprint density at radius 3 is 2.41 bits per heavy atom. The van der Waals surface area contributed by atoms with Crippen LogP contribution in [0.2, 0.25) is 0 Å². The van der Waals surface area contributed by atoms with Crippen molar-refractivity contribution in [1.29, 1.82) is 0 Å². The summed E-state index contributed by atoms with van der Waals surface area (Å²) in [6, 6.07) is 4.24. The highest BCUT2D eigenvalue weighted by Crippen LogP contribution is 2.36. The van der Waals surface area contributed by atoms with Crippen LogP contribution in [0.1, 0.15) is 28.9 Å². The standard InChI is InChI=1S/C20H23N3O7S2/c1-11-19(31(4,27)28)13(6-8-18(24)25)17(21-11)10-15-14-9-12(32(29,30)23(2)3)5-7-16(14)22-20(15)26/h5,7,9-10,21H,6,8H2,1-4H3,(H,22,26)(H,24,25)/b15-10+. The van der Waals surface area contributed by atoms with Crippen LogP contribution in [0.3, 0.4) is 0 Å². The molecule has 0 atom stereocenters. The van der Waals surface area contributed by atoms with E-state index in [-0.39, 0.29) is 39.5 Å². The van der Waals surface area contributed by atoms with E-state index in [9.17, 15) is 26.4 Å². The van der Waals surface area contributed by atoms with Gasteiger partial charge in [-0.05, 0) is 43.2 Å². The first-order valence-electron chi connectivity index (χ1n) is 9.46. The molecule has 2 heterocycles. The molecule has 12 heteroatoms. The third kappa shape index (κ3) is 4.33. The number of rotatable bonds is 7. The fraction of sp³-hybridized carbons (Fsp3) is 0.300. The smallest absolute Gasteiger partial charge is 0.303 e. The van der Waals surface area contributed by atoms with Crippen LogP contribution in [0.4, 0.5) is 5.69 Å². The van der Waals surface area contributed by atoms with Gasteiger partial charge in [0.25, 0.3) is 5.91 Å². The Balaban J connectivity index is 2.20. The van der Waals surface area contributed by atoms with Crippen LogP contribution < -0.4 is 5.32 Å². The number of fused-ring (bicyclic) bond motifs is 1. The number of amides is 1. The van der Waals surface area contributed by atoms with Crippen LogP contribution >= 0.6 is 0 Å². The Hall–Kier alpha value is -2.96. The van der Waals surface area contributed by atoms with E-state index in [2.05, 4.69) is 10.3 Å². The molecule has 0 saturated carbocycles. The summed E-state index contributed by atoms with van der Waals surface area (Å²) < 4.78 is 50.7. The van der Waals surface area contributed by atoms with Crippen molar-refractivity contribution in [3.05, 3.63) is 40.7 Å². The van der Waals surface area contributed by atoms with Gasteiger partial charge in [0.2, 0.25) is 10.0 Å². The Labute approximate surface area is 185 Å². The maximum absolute atomic E-state index is 12.6. The van der Waals surface area contributed by atoms with Gasteiger partial charge in [-0.1, -0.05) is 0 Å². The highest BCUT2D eigenvalue weighted by molar-refractivity contribution is 7.90. The van der Waals surface area contributed by atoms with Crippen molar-refractivity contribution >= 4 is 49.1 Å². The number of carbonyl (C=O) groups is 2. The second-order valence-corrected chi connectivity index (χ2v) is 11.7. The number of anilines is 1. The zero-order chi connectivity index (χ0) is 24.0. The lowest BCUT2D eigenvalue weighted by Crippen LogP contribution is -2.22. The molecule has 1 aliphatic heterocycles. The van der Waals surface area contributed by atoms with Crippen molar-refractivity contribution < 1.29 is 31.5 Å². The number of aromatic amines is 1. The molecule has 3 rings (SSSR count). The highest BCUT2D eigenvalue weighted by Gasteiger charge is 2.29. The Kier molecular flexibility index (Phi) is 6.06. The van der Waals surface area contributed by atoms with Crippen LogP contribution in [0.5, 0.6) is 0 Å². The topological polar surface area (TPSA) is 154 Å². The zero-order valence-corrected chi connectivity index (χ0v) is 19.5.